The zero-order valence-corrected chi connectivity index (χ0v) is 11.3. The van der Waals surface area contributed by atoms with E-state index < -0.39 is 0 Å². The molecule has 0 atom stereocenters. The first kappa shape index (κ1) is 12.4. The molecule has 1 aromatic heterocycles. The Morgan fingerprint density at radius 1 is 1.35 bits per heavy atom. The Kier molecular flexibility index (Phi) is 3.17. The van der Waals surface area contributed by atoms with Gasteiger partial charge < -0.3 is 10.1 Å². The SMILES string of the molecule is CC1(Oc2cnn(C(C)(C)C)c2)CCNCC1. The van der Waals surface area contributed by atoms with E-state index in [1.807, 2.05) is 17.1 Å². The fourth-order valence-corrected chi connectivity index (χ4v) is 2.07. The van der Waals surface area contributed by atoms with Gasteiger partial charge in [0.15, 0.2) is 5.75 Å². The van der Waals surface area contributed by atoms with Crippen LogP contribution >= 0.6 is 0 Å². The van der Waals surface area contributed by atoms with Crippen LogP contribution < -0.4 is 10.1 Å². The molecule has 4 nitrogen and oxygen atoms in total. The van der Waals surface area contributed by atoms with Crippen LogP contribution in [0, 0.1) is 0 Å². The summed E-state index contributed by atoms with van der Waals surface area (Å²) >= 11 is 0. The summed E-state index contributed by atoms with van der Waals surface area (Å²) in [7, 11) is 0. The van der Waals surface area contributed by atoms with Gasteiger partial charge in [-0.25, -0.2) is 0 Å². The van der Waals surface area contributed by atoms with Crippen LogP contribution in [0.25, 0.3) is 0 Å². The molecular weight excluding hydrogens is 214 g/mol. The molecule has 1 N–H and O–H groups in total. The Labute approximate surface area is 103 Å². The summed E-state index contributed by atoms with van der Waals surface area (Å²) in [4.78, 5) is 0. The third-order valence-corrected chi connectivity index (χ3v) is 3.27. The first-order valence-electron chi connectivity index (χ1n) is 6.34. The molecule has 96 valence electrons. The highest BCUT2D eigenvalue weighted by atomic mass is 16.5. The van der Waals surface area contributed by atoms with E-state index in [0.29, 0.717) is 0 Å². The molecule has 17 heavy (non-hydrogen) atoms. The monoisotopic (exact) mass is 237 g/mol. The fraction of sp³-hybridized carbons (Fsp3) is 0.769. The van der Waals surface area contributed by atoms with Crippen molar-refractivity contribution in [1.29, 1.82) is 0 Å². The molecule has 1 saturated heterocycles. The van der Waals surface area contributed by atoms with E-state index in [2.05, 4.69) is 38.1 Å². The van der Waals surface area contributed by atoms with E-state index in [-0.39, 0.29) is 11.1 Å². The first-order chi connectivity index (χ1) is 7.89. The highest BCUT2D eigenvalue weighted by molar-refractivity contribution is 5.14. The minimum atomic E-state index is -0.0446. The predicted octanol–water partition coefficient (Wildman–Crippen LogP) is 2.16. The lowest BCUT2D eigenvalue weighted by Gasteiger charge is -2.34. The molecule has 4 heteroatoms. The Balaban J connectivity index is 2.06. The van der Waals surface area contributed by atoms with Crippen molar-refractivity contribution in [3.63, 3.8) is 0 Å². The zero-order chi connectivity index (χ0) is 12.5. The van der Waals surface area contributed by atoms with Crippen LogP contribution in [0.15, 0.2) is 12.4 Å². The molecule has 2 heterocycles. The molecular formula is C13H23N3O. The van der Waals surface area contributed by atoms with Gasteiger partial charge in [0.25, 0.3) is 0 Å². The second-order valence-corrected chi connectivity index (χ2v) is 6.09. The largest absolute Gasteiger partial charge is 0.484 e. The minimum absolute atomic E-state index is 0.0106. The van der Waals surface area contributed by atoms with E-state index in [0.717, 1.165) is 31.7 Å². The number of aromatic nitrogens is 2. The van der Waals surface area contributed by atoms with E-state index in [1.165, 1.54) is 0 Å². The van der Waals surface area contributed by atoms with Crippen molar-refractivity contribution in [2.45, 2.75) is 51.7 Å². The van der Waals surface area contributed by atoms with Crippen LogP contribution in [0.4, 0.5) is 0 Å². The van der Waals surface area contributed by atoms with Crippen LogP contribution in [0.1, 0.15) is 40.5 Å². The second-order valence-electron chi connectivity index (χ2n) is 6.09. The van der Waals surface area contributed by atoms with Crippen molar-refractivity contribution >= 4 is 0 Å². The molecule has 0 unspecified atom stereocenters. The Morgan fingerprint density at radius 3 is 2.53 bits per heavy atom. The molecule has 0 aromatic carbocycles. The Hall–Kier alpha value is -1.03. The maximum absolute atomic E-state index is 6.10. The fourth-order valence-electron chi connectivity index (χ4n) is 2.07. The summed E-state index contributed by atoms with van der Waals surface area (Å²) in [5.74, 6) is 0.879. The van der Waals surface area contributed by atoms with Gasteiger partial charge in [-0.3, -0.25) is 4.68 Å². The average Bonchev–Trinajstić information content (AvgIpc) is 2.66. The smallest absolute Gasteiger partial charge is 0.158 e. The second kappa shape index (κ2) is 4.33. The van der Waals surface area contributed by atoms with E-state index >= 15 is 0 Å². The number of nitrogens with zero attached hydrogens (tertiary/aromatic N) is 2. The van der Waals surface area contributed by atoms with Crippen molar-refractivity contribution < 1.29 is 4.74 Å². The Morgan fingerprint density at radius 2 is 2.00 bits per heavy atom. The summed E-state index contributed by atoms with van der Waals surface area (Å²) in [6.45, 7) is 10.7. The van der Waals surface area contributed by atoms with E-state index in [1.54, 1.807) is 0 Å². The number of hydrogen-bond acceptors (Lipinski definition) is 3. The van der Waals surface area contributed by atoms with Gasteiger partial charge >= 0.3 is 0 Å². The molecule has 0 amide bonds. The minimum Gasteiger partial charge on any atom is -0.484 e. The van der Waals surface area contributed by atoms with Gasteiger partial charge in [0.2, 0.25) is 0 Å². The quantitative estimate of drug-likeness (QED) is 0.856. The van der Waals surface area contributed by atoms with Crippen LogP contribution in [0.5, 0.6) is 5.75 Å². The molecule has 1 fully saturated rings. The number of rotatable bonds is 2. The lowest BCUT2D eigenvalue weighted by Crippen LogP contribution is -2.43. The van der Waals surface area contributed by atoms with Crippen LogP contribution in [0.2, 0.25) is 0 Å². The molecule has 1 aliphatic heterocycles. The third kappa shape index (κ3) is 3.00. The molecule has 0 saturated carbocycles. The predicted molar refractivity (Wildman–Crippen MR) is 68.4 cm³/mol. The first-order valence-corrected chi connectivity index (χ1v) is 6.34. The van der Waals surface area contributed by atoms with Gasteiger partial charge in [-0.15, -0.1) is 0 Å². The Bertz CT molecular complexity index is 372. The summed E-state index contributed by atoms with van der Waals surface area (Å²) < 4.78 is 8.05. The van der Waals surface area contributed by atoms with Crippen LogP contribution in [-0.2, 0) is 5.54 Å². The van der Waals surface area contributed by atoms with Crippen LogP contribution in [-0.4, -0.2) is 28.5 Å². The van der Waals surface area contributed by atoms with E-state index in [9.17, 15) is 0 Å². The normalized spacial score (nSPS) is 20.2. The lowest BCUT2D eigenvalue weighted by molar-refractivity contribution is 0.0553. The maximum atomic E-state index is 6.10. The number of ether oxygens (including phenoxy) is 1. The van der Waals surface area contributed by atoms with Crippen molar-refractivity contribution in [2.24, 2.45) is 0 Å². The molecule has 0 bridgehead atoms. The maximum Gasteiger partial charge on any atom is 0.158 e. The van der Waals surface area contributed by atoms with Crippen molar-refractivity contribution in [1.82, 2.24) is 15.1 Å². The van der Waals surface area contributed by atoms with Gasteiger partial charge in [-0.2, -0.15) is 5.10 Å². The third-order valence-electron chi connectivity index (χ3n) is 3.27. The van der Waals surface area contributed by atoms with Crippen molar-refractivity contribution in [3.8, 4) is 5.75 Å². The van der Waals surface area contributed by atoms with Gasteiger partial charge in [0.1, 0.15) is 5.60 Å². The lowest BCUT2D eigenvalue weighted by atomic mass is 9.94. The number of nitrogens with one attached hydrogen (secondary N) is 1. The van der Waals surface area contributed by atoms with Gasteiger partial charge in [0, 0.05) is 0 Å². The van der Waals surface area contributed by atoms with Crippen molar-refractivity contribution in [2.75, 3.05) is 13.1 Å². The number of hydrogen-bond donors (Lipinski definition) is 1. The summed E-state index contributed by atoms with van der Waals surface area (Å²) in [5.41, 5.74) is -0.0341. The van der Waals surface area contributed by atoms with E-state index in [4.69, 9.17) is 4.74 Å². The van der Waals surface area contributed by atoms with Gasteiger partial charge in [-0.05, 0) is 53.6 Å². The van der Waals surface area contributed by atoms with Crippen molar-refractivity contribution in [3.05, 3.63) is 12.4 Å². The molecule has 0 spiro atoms. The summed E-state index contributed by atoms with van der Waals surface area (Å²) in [6.07, 6.45) is 5.91. The number of piperidine rings is 1. The highest BCUT2D eigenvalue weighted by Crippen LogP contribution is 2.26. The summed E-state index contributed by atoms with van der Waals surface area (Å²) in [6, 6.07) is 0. The summed E-state index contributed by atoms with van der Waals surface area (Å²) in [5, 5.41) is 7.71. The van der Waals surface area contributed by atoms with Crippen LogP contribution in [0.3, 0.4) is 0 Å². The molecule has 1 aromatic rings. The van der Waals surface area contributed by atoms with Gasteiger partial charge in [0.05, 0.1) is 17.9 Å². The average molecular weight is 237 g/mol. The molecule has 2 rings (SSSR count). The molecule has 1 aliphatic rings. The standard InChI is InChI=1S/C13H23N3O/c1-12(2,3)16-10-11(9-15-16)17-13(4)5-7-14-8-6-13/h9-10,14H,5-8H2,1-4H3. The molecule has 0 aliphatic carbocycles. The highest BCUT2D eigenvalue weighted by Gasteiger charge is 2.29. The van der Waals surface area contributed by atoms with Gasteiger partial charge in [-0.1, -0.05) is 0 Å². The zero-order valence-electron chi connectivity index (χ0n) is 11.3. The molecule has 0 radical (unpaired) electrons. The topological polar surface area (TPSA) is 39.1 Å².